The van der Waals surface area contributed by atoms with Crippen molar-refractivity contribution in [3.8, 4) is 0 Å². The summed E-state index contributed by atoms with van der Waals surface area (Å²) in [7, 11) is 0. The molecule has 0 saturated heterocycles. The van der Waals surface area contributed by atoms with E-state index in [-0.39, 0.29) is 0 Å². The topological polar surface area (TPSA) is 75.3 Å². The number of hydrogen-bond donors (Lipinski definition) is 3. The summed E-state index contributed by atoms with van der Waals surface area (Å²) in [6.07, 6.45) is 2.42. The molecule has 0 rings (SSSR count). The number of carboxylic acids is 1. The molecule has 0 spiro atoms. The van der Waals surface area contributed by atoms with Crippen LogP contribution >= 0.6 is 0 Å². The van der Waals surface area contributed by atoms with E-state index < -0.39 is 12.0 Å². The first-order valence-corrected chi connectivity index (χ1v) is 4.75. The van der Waals surface area contributed by atoms with Crippen molar-refractivity contribution in [2.75, 3.05) is 6.54 Å². The Kier molecular flexibility index (Phi) is 6.54. The number of unbranched alkanes of at least 4 members (excludes halogenated alkanes) is 1. The lowest BCUT2D eigenvalue weighted by Crippen LogP contribution is -2.30. The third kappa shape index (κ3) is 7.74. The van der Waals surface area contributed by atoms with Gasteiger partial charge in [0.15, 0.2) is 0 Å². The van der Waals surface area contributed by atoms with Crippen molar-refractivity contribution in [1.82, 2.24) is 5.32 Å². The van der Waals surface area contributed by atoms with Crippen LogP contribution in [0.3, 0.4) is 0 Å². The highest BCUT2D eigenvalue weighted by Gasteiger charge is 2.09. The van der Waals surface area contributed by atoms with E-state index in [1.807, 2.05) is 0 Å². The van der Waals surface area contributed by atoms with Crippen LogP contribution in [0.25, 0.3) is 0 Å². The summed E-state index contributed by atoms with van der Waals surface area (Å²) < 4.78 is 0. The Morgan fingerprint density at radius 1 is 1.46 bits per heavy atom. The highest BCUT2D eigenvalue weighted by Crippen LogP contribution is 1.98. The average molecular weight is 188 g/mol. The lowest BCUT2D eigenvalue weighted by Gasteiger charge is -2.08. The fourth-order valence-corrected chi connectivity index (χ4v) is 1.00. The van der Waals surface area contributed by atoms with Gasteiger partial charge in [-0.15, -0.1) is 0 Å². The summed E-state index contributed by atoms with van der Waals surface area (Å²) in [5.41, 5.74) is 5.34. The van der Waals surface area contributed by atoms with Crippen molar-refractivity contribution in [2.45, 2.75) is 45.2 Å². The van der Waals surface area contributed by atoms with Gasteiger partial charge in [0.1, 0.15) is 6.04 Å². The zero-order valence-corrected chi connectivity index (χ0v) is 8.42. The predicted octanol–water partition coefficient (Wildman–Crippen LogP) is 0.567. The molecule has 4 heteroatoms. The molecule has 0 radical (unpaired) electrons. The highest BCUT2D eigenvalue weighted by atomic mass is 16.4. The van der Waals surface area contributed by atoms with Crippen molar-refractivity contribution in [3.63, 3.8) is 0 Å². The van der Waals surface area contributed by atoms with E-state index in [4.69, 9.17) is 10.8 Å². The molecule has 0 aromatic rings. The monoisotopic (exact) mass is 188 g/mol. The van der Waals surface area contributed by atoms with Gasteiger partial charge >= 0.3 is 5.97 Å². The van der Waals surface area contributed by atoms with E-state index in [9.17, 15) is 4.79 Å². The number of carboxylic acid groups (broad SMARTS) is 1. The van der Waals surface area contributed by atoms with E-state index in [1.165, 1.54) is 0 Å². The van der Waals surface area contributed by atoms with Crippen LogP contribution in [0.2, 0.25) is 0 Å². The van der Waals surface area contributed by atoms with E-state index in [0.717, 1.165) is 19.4 Å². The third-order valence-electron chi connectivity index (χ3n) is 1.81. The summed E-state index contributed by atoms with van der Waals surface area (Å²) in [6.45, 7) is 5.11. The number of nitrogens with two attached hydrogens (primary N) is 1. The molecular weight excluding hydrogens is 168 g/mol. The minimum atomic E-state index is -0.906. The van der Waals surface area contributed by atoms with Gasteiger partial charge in [0.2, 0.25) is 0 Å². The summed E-state index contributed by atoms with van der Waals surface area (Å²) in [6, 6.07) is -0.202. The smallest absolute Gasteiger partial charge is 0.320 e. The van der Waals surface area contributed by atoms with Gasteiger partial charge < -0.3 is 16.2 Å². The number of rotatable bonds is 7. The molecule has 0 fully saturated rings. The standard InChI is InChI=1S/C9H20N2O2/c1-7(2)11-6-4-3-5-8(10)9(12)13/h7-8,11H,3-6,10H2,1-2H3,(H,12,13). The maximum absolute atomic E-state index is 10.3. The maximum atomic E-state index is 10.3. The van der Waals surface area contributed by atoms with Crippen LogP contribution < -0.4 is 11.1 Å². The van der Waals surface area contributed by atoms with E-state index in [2.05, 4.69) is 19.2 Å². The van der Waals surface area contributed by atoms with Crippen LogP contribution in [-0.4, -0.2) is 29.7 Å². The SMILES string of the molecule is CC(C)NCCCCC(N)C(=O)O. The zero-order valence-electron chi connectivity index (χ0n) is 8.42. The fourth-order valence-electron chi connectivity index (χ4n) is 1.00. The number of carbonyl (C=O) groups is 1. The van der Waals surface area contributed by atoms with E-state index in [0.29, 0.717) is 12.5 Å². The average Bonchev–Trinajstić information content (AvgIpc) is 2.02. The summed E-state index contributed by atoms with van der Waals surface area (Å²) >= 11 is 0. The molecule has 13 heavy (non-hydrogen) atoms. The number of aliphatic carboxylic acids is 1. The molecule has 4 N–H and O–H groups in total. The van der Waals surface area contributed by atoms with Crippen molar-refractivity contribution in [3.05, 3.63) is 0 Å². The molecule has 0 aliphatic heterocycles. The third-order valence-corrected chi connectivity index (χ3v) is 1.81. The van der Waals surface area contributed by atoms with E-state index >= 15 is 0 Å². The first-order chi connectivity index (χ1) is 6.04. The molecule has 78 valence electrons. The molecule has 0 saturated carbocycles. The Labute approximate surface area is 79.5 Å². The first-order valence-electron chi connectivity index (χ1n) is 4.75. The van der Waals surface area contributed by atoms with Gasteiger partial charge in [-0.25, -0.2) is 0 Å². The Balaban J connectivity index is 3.21. The highest BCUT2D eigenvalue weighted by molar-refractivity contribution is 5.72. The summed E-state index contributed by atoms with van der Waals surface area (Å²) in [4.78, 5) is 10.3. The molecule has 0 heterocycles. The number of nitrogens with one attached hydrogen (secondary N) is 1. The van der Waals surface area contributed by atoms with Crippen LogP contribution in [0.5, 0.6) is 0 Å². The predicted molar refractivity (Wildman–Crippen MR) is 52.6 cm³/mol. The van der Waals surface area contributed by atoms with Crippen LogP contribution in [0.15, 0.2) is 0 Å². The Morgan fingerprint density at radius 3 is 2.54 bits per heavy atom. The summed E-state index contributed by atoms with van der Waals surface area (Å²) in [5.74, 6) is -0.906. The van der Waals surface area contributed by atoms with Crippen LogP contribution in [0, 0.1) is 0 Å². The fraction of sp³-hybridized carbons (Fsp3) is 0.889. The van der Waals surface area contributed by atoms with Gasteiger partial charge in [-0.3, -0.25) is 4.79 Å². The maximum Gasteiger partial charge on any atom is 0.320 e. The van der Waals surface area contributed by atoms with Crippen molar-refractivity contribution in [2.24, 2.45) is 5.73 Å². The molecule has 4 nitrogen and oxygen atoms in total. The van der Waals surface area contributed by atoms with Gasteiger partial charge in [-0.2, -0.15) is 0 Å². The van der Waals surface area contributed by atoms with Gasteiger partial charge in [-0.05, 0) is 19.4 Å². The second kappa shape index (κ2) is 6.86. The molecule has 0 bridgehead atoms. The van der Waals surface area contributed by atoms with Gasteiger partial charge in [0.25, 0.3) is 0 Å². The molecule has 1 unspecified atom stereocenters. The molecule has 0 aliphatic carbocycles. The molecular formula is C9H20N2O2. The summed E-state index contributed by atoms with van der Waals surface area (Å²) in [5, 5.41) is 11.7. The van der Waals surface area contributed by atoms with Gasteiger partial charge in [-0.1, -0.05) is 20.3 Å². The van der Waals surface area contributed by atoms with Crippen LogP contribution in [0.4, 0.5) is 0 Å². The van der Waals surface area contributed by atoms with Crippen LogP contribution in [0.1, 0.15) is 33.1 Å². The zero-order chi connectivity index (χ0) is 10.3. The number of hydrogen-bond acceptors (Lipinski definition) is 3. The lowest BCUT2D eigenvalue weighted by atomic mass is 10.1. The van der Waals surface area contributed by atoms with Gasteiger partial charge in [0, 0.05) is 6.04 Å². The van der Waals surface area contributed by atoms with Crippen molar-refractivity contribution >= 4 is 5.97 Å². The van der Waals surface area contributed by atoms with Crippen molar-refractivity contribution in [1.29, 1.82) is 0 Å². The molecule has 0 aromatic carbocycles. The van der Waals surface area contributed by atoms with Gasteiger partial charge in [0.05, 0.1) is 0 Å². The quantitative estimate of drug-likeness (QED) is 0.510. The normalized spacial score (nSPS) is 13.2. The molecule has 0 aliphatic rings. The second-order valence-corrected chi connectivity index (χ2v) is 3.55. The molecule has 0 amide bonds. The minimum Gasteiger partial charge on any atom is -0.480 e. The largest absolute Gasteiger partial charge is 0.480 e. The Morgan fingerprint density at radius 2 is 2.08 bits per heavy atom. The molecule has 0 aromatic heterocycles. The lowest BCUT2D eigenvalue weighted by molar-refractivity contribution is -0.138. The Hall–Kier alpha value is -0.610. The van der Waals surface area contributed by atoms with Crippen molar-refractivity contribution < 1.29 is 9.90 Å². The minimum absolute atomic E-state index is 0.494. The first kappa shape index (κ1) is 12.4. The molecule has 1 atom stereocenters. The second-order valence-electron chi connectivity index (χ2n) is 3.55. The Bertz CT molecular complexity index is 149. The van der Waals surface area contributed by atoms with Crippen LogP contribution in [-0.2, 0) is 4.79 Å². The van der Waals surface area contributed by atoms with E-state index in [1.54, 1.807) is 0 Å².